The highest BCUT2D eigenvalue weighted by Gasteiger charge is 2.23. The Morgan fingerprint density at radius 1 is 1.48 bits per heavy atom. The Hall–Kier alpha value is -2.21. The number of amides is 1. The molecule has 6 heteroatoms. The maximum absolute atomic E-state index is 12.4. The summed E-state index contributed by atoms with van der Waals surface area (Å²) >= 11 is 1.64. The van der Waals surface area contributed by atoms with Crippen molar-refractivity contribution in [2.45, 2.75) is 38.6 Å². The van der Waals surface area contributed by atoms with E-state index in [1.54, 1.807) is 17.5 Å². The quantitative estimate of drug-likeness (QED) is 0.805. The number of aryl methyl sites for hydroxylation is 2. The van der Waals surface area contributed by atoms with Crippen LogP contribution in [0.25, 0.3) is 4.96 Å². The molecule has 0 radical (unpaired) electrons. The number of rotatable bonds is 3. The summed E-state index contributed by atoms with van der Waals surface area (Å²) in [6.07, 6.45) is 9.17. The lowest BCUT2D eigenvalue weighted by molar-refractivity contribution is -0.121. The normalized spacial score (nSPS) is 17.2. The highest BCUT2D eigenvalue weighted by Crippen LogP contribution is 2.27. The van der Waals surface area contributed by atoms with Gasteiger partial charge in [-0.1, -0.05) is 6.07 Å². The first-order valence-electron chi connectivity index (χ1n) is 7.86. The molecule has 5 nitrogen and oxygen atoms in total. The fourth-order valence-corrected chi connectivity index (χ4v) is 4.03. The Bertz CT molecular complexity index is 835. The van der Waals surface area contributed by atoms with Crippen molar-refractivity contribution >= 4 is 22.2 Å². The summed E-state index contributed by atoms with van der Waals surface area (Å²) in [6, 6.07) is 4.09. The lowest BCUT2D eigenvalue weighted by atomic mass is 9.92. The van der Waals surface area contributed by atoms with Crippen LogP contribution in [0.5, 0.6) is 0 Å². The van der Waals surface area contributed by atoms with Gasteiger partial charge in [0.05, 0.1) is 23.9 Å². The van der Waals surface area contributed by atoms with Gasteiger partial charge in [0, 0.05) is 23.5 Å². The van der Waals surface area contributed by atoms with E-state index in [9.17, 15) is 4.79 Å². The van der Waals surface area contributed by atoms with E-state index in [0.29, 0.717) is 6.42 Å². The van der Waals surface area contributed by atoms with Crippen LogP contribution in [0.3, 0.4) is 0 Å². The van der Waals surface area contributed by atoms with Crippen molar-refractivity contribution in [2.24, 2.45) is 0 Å². The van der Waals surface area contributed by atoms with E-state index in [0.717, 1.165) is 35.6 Å². The number of nitrogens with one attached hydrogen (secondary N) is 1. The first-order valence-corrected chi connectivity index (χ1v) is 8.68. The number of nitrogens with zero attached hydrogens (tertiary/aromatic N) is 3. The number of hydrogen-bond donors (Lipinski definition) is 1. The van der Waals surface area contributed by atoms with Crippen LogP contribution in [0.15, 0.2) is 30.7 Å². The summed E-state index contributed by atoms with van der Waals surface area (Å²) in [7, 11) is 0. The van der Waals surface area contributed by atoms with E-state index >= 15 is 0 Å². The minimum atomic E-state index is 0.0102. The minimum Gasteiger partial charge on any atom is -0.347 e. The van der Waals surface area contributed by atoms with Crippen LogP contribution < -0.4 is 5.32 Å². The lowest BCUT2D eigenvalue weighted by Gasteiger charge is -2.25. The molecule has 23 heavy (non-hydrogen) atoms. The summed E-state index contributed by atoms with van der Waals surface area (Å²) in [6.45, 7) is 2.05. The van der Waals surface area contributed by atoms with Crippen LogP contribution in [0.4, 0.5) is 0 Å². The van der Waals surface area contributed by atoms with E-state index in [1.807, 2.05) is 22.9 Å². The number of carbonyl (C=O) groups excluding carboxylic acids is 1. The van der Waals surface area contributed by atoms with Crippen LogP contribution in [-0.2, 0) is 17.6 Å². The molecule has 1 aliphatic carbocycles. The van der Waals surface area contributed by atoms with Crippen molar-refractivity contribution in [3.05, 3.63) is 52.6 Å². The van der Waals surface area contributed by atoms with Gasteiger partial charge in [0.2, 0.25) is 5.91 Å². The Balaban J connectivity index is 1.47. The summed E-state index contributed by atoms with van der Waals surface area (Å²) in [5, 5.41) is 3.12. The summed E-state index contributed by atoms with van der Waals surface area (Å²) in [5.41, 5.74) is 3.08. The number of thiazole rings is 1. The number of fused-ring (bicyclic) bond motifs is 2. The third-order valence-electron chi connectivity index (χ3n) is 4.19. The van der Waals surface area contributed by atoms with Gasteiger partial charge < -0.3 is 5.32 Å². The van der Waals surface area contributed by atoms with Gasteiger partial charge in [0.15, 0.2) is 4.96 Å². The zero-order chi connectivity index (χ0) is 15.8. The molecule has 118 valence electrons. The van der Waals surface area contributed by atoms with Crippen LogP contribution in [-0.4, -0.2) is 20.3 Å². The third kappa shape index (κ3) is 2.86. The Kier molecular flexibility index (Phi) is 3.61. The Morgan fingerprint density at radius 2 is 2.39 bits per heavy atom. The fraction of sp³-hybridized carbons (Fsp3) is 0.353. The molecule has 0 unspecified atom stereocenters. The predicted octanol–water partition coefficient (Wildman–Crippen LogP) is 2.84. The average Bonchev–Trinajstić information content (AvgIpc) is 3.04. The van der Waals surface area contributed by atoms with Crippen molar-refractivity contribution in [3.63, 3.8) is 0 Å². The smallest absolute Gasteiger partial charge is 0.226 e. The molecule has 1 N–H and O–H groups in total. The van der Waals surface area contributed by atoms with Gasteiger partial charge in [-0.3, -0.25) is 14.2 Å². The first kappa shape index (κ1) is 14.4. The number of carbonyl (C=O) groups is 1. The van der Waals surface area contributed by atoms with Crippen LogP contribution in [0.2, 0.25) is 0 Å². The monoisotopic (exact) mass is 326 g/mol. The van der Waals surface area contributed by atoms with Gasteiger partial charge in [0.25, 0.3) is 0 Å². The van der Waals surface area contributed by atoms with Crippen LogP contribution >= 0.6 is 11.3 Å². The summed E-state index contributed by atoms with van der Waals surface area (Å²) < 4.78 is 1.99. The minimum absolute atomic E-state index is 0.0102. The second-order valence-corrected chi connectivity index (χ2v) is 7.21. The zero-order valence-corrected chi connectivity index (χ0v) is 13.8. The van der Waals surface area contributed by atoms with Gasteiger partial charge in [-0.05, 0) is 37.8 Å². The van der Waals surface area contributed by atoms with Crippen molar-refractivity contribution in [1.29, 1.82) is 0 Å². The van der Waals surface area contributed by atoms with Gasteiger partial charge in [-0.2, -0.15) is 0 Å². The molecule has 3 aromatic heterocycles. The van der Waals surface area contributed by atoms with Crippen molar-refractivity contribution in [2.75, 3.05) is 0 Å². The molecule has 0 aromatic carbocycles. The molecule has 0 saturated carbocycles. The fourth-order valence-electron chi connectivity index (χ4n) is 3.20. The number of hydrogen-bond acceptors (Lipinski definition) is 4. The first-order chi connectivity index (χ1) is 11.2. The molecule has 0 spiro atoms. The van der Waals surface area contributed by atoms with Crippen LogP contribution in [0, 0.1) is 6.92 Å². The SMILES string of the molecule is Cc1cn2cc(CC(=O)N[C@@H]3CCCc4cccnc43)nc2s1. The Labute approximate surface area is 138 Å². The zero-order valence-electron chi connectivity index (χ0n) is 13.0. The third-order valence-corrected chi connectivity index (χ3v) is 5.11. The predicted molar refractivity (Wildman–Crippen MR) is 89.6 cm³/mol. The molecule has 3 heterocycles. The van der Waals surface area contributed by atoms with Crippen molar-refractivity contribution in [1.82, 2.24) is 19.7 Å². The molecule has 0 aliphatic heterocycles. The average molecular weight is 326 g/mol. The van der Waals surface area contributed by atoms with E-state index < -0.39 is 0 Å². The summed E-state index contributed by atoms with van der Waals surface area (Å²) in [5.74, 6) is 0.0102. The molecule has 1 aliphatic rings. The molecule has 0 saturated heterocycles. The van der Waals surface area contributed by atoms with Crippen molar-refractivity contribution in [3.8, 4) is 0 Å². The molecule has 4 rings (SSSR count). The molecule has 0 bridgehead atoms. The van der Waals surface area contributed by atoms with Gasteiger partial charge in [0.1, 0.15) is 0 Å². The van der Waals surface area contributed by atoms with E-state index in [2.05, 4.69) is 28.3 Å². The topological polar surface area (TPSA) is 59.3 Å². The van der Waals surface area contributed by atoms with Gasteiger partial charge in [-0.15, -0.1) is 11.3 Å². The lowest BCUT2D eigenvalue weighted by Crippen LogP contribution is -2.32. The largest absolute Gasteiger partial charge is 0.347 e. The molecular formula is C17H18N4OS. The Morgan fingerprint density at radius 3 is 3.26 bits per heavy atom. The maximum atomic E-state index is 12.4. The number of imidazole rings is 1. The standard InChI is InChI=1S/C17H18N4OS/c1-11-9-21-10-13(19-17(21)23-11)8-15(22)20-14-6-2-4-12-5-3-7-18-16(12)14/h3,5,7,9-10,14H,2,4,6,8H2,1H3,(H,20,22)/t14-/m1/s1. The molecule has 1 amide bonds. The second kappa shape index (κ2) is 5.77. The highest BCUT2D eigenvalue weighted by atomic mass is 32.1. The maximum Gasteiger partial charge on any atom is 0.226 e. The van der Waals surface area contributed by atoms with E-state index in [-0.39, 0.29) is 11.9 Å². The van der Waals surface area contributed by atoms with Crippen LogP contribution in [0.1, 0.15) is 40.7 Å². The van der Waals surface area contributed by atoms with Crippen molar-refractivity contribution < 1.29 is 4.79 Å². The highest BCUT2D eigenvalue weighted by molar-refractivity contribution is 7.16. The van der Waals surface area contributed by atoms with Gasteiger partial charge in [-0.25, -0.2) is 4.98 Å². The number of aromatic nitrogens is 3. The summed E-state index contributed by atoms with van der Waals surface area (Å²) in [4.78, 5) is 23.5. The van der Waals surface area contributed by atoms with Gasteiger partial charge >= 0.3 is 0 Å². The van der Waals surface area contributed by atoms with E-state index in [1.165, 1.54) is 10.4 Å². The molecule has 3 aromatic rings. The number of pyridine rings is 1. The molecule has 0 fully saturated rings. The van der Waals surface area contributed by atoms with E-state index in [4.69, 9.17) is 0 Å². The second-order valence-electron chi connectivity index (χ2n) is 6.00. The molecule has 1 atom stereocenters. The molecular weight excluding hydrogens is 308 g/mol.